The van der Waals surface area contributed by atoms with Crippen LogP contribution >= 0.6 is 0 Å². The van der Waals surface area contributed by atoms with Crippen molar-refractivity contribution in [1.82, 2.24) is 14.9 Å². The standard InChI is InChI=1S/C12H21N5O2/c1-13-11-10(18-3)12(16-8-15-11)14-6-9-7-17(2)4-5-19-9/h8-9H,4-7H2,1-3H3,(H2,13,14,15,16). The number of morpholine rings is 1. The van der Waals surface area contributed by atoms with Gasteiger partial charge in [-0.3, -0.25) is 0 Å². The summed E-state index contributed by atoms with van der Waals surface area (Å²) in [5.74, 6) is 1.97. The van der Waals surface area contributed by atoms with Gasteiger partial charge in [-0.05, 0) is 7.05 Å². The van der Waals surface area contributed by atoms with Crippen LogP contribution in [0.1, 0.15) is 0 Å². The van der Waals surface area contributed by atoms with E-state index >= 15 is 0 Å². The summed E-state index contributed by atoms with van der Waals surface area (Å²) < 4.78 is 11.0. The van der Waals surface area contributed by atoms with Crippen LogP contribution in [-0.4, -0.2) is 68.4 Å². The smallest absolute Gasteiger partial charge is 0.204 e. The minimum absolute atomic E-state index is 0.163. The molecule has 1 aromatic rings. The van der Waals surface area contributed by atoms with Gasteiger partial charge < -0.3 is 25.0 Å². The maximum Gasteiger partial charge on any atom is 0.204 e. The van der Waals surface area contributed by atoms with E-state index in [2.05, 4.69) is 32.5 Å². The van der Waals surface area contributed by atoms with Crippen LogP contribution in [0, 0.1) is 0 Å². The predicted molar refractivity (Wildman–Crippen MR) is 73.9 cm³/mol. The zero-order chi connectivity index (χ0) is 13.7. The van der Waals surface area contributed by atoms with Crippen LogP contribution in [0.2, 0.25) is 0 Å². The third-order valence-corrected chi connectivity index (χ3v) is 3.08. The Morgan fingerprint density at radius 1 is 1.47 bits per heavy atom. The van der Waals surface area contributed by atoms with E-state index in [9.17, 15) is 0 Å². The van der Waals surface area contributed by atoms with E-state index in [1.54, 1.807) is 14.2 Å². The Balaban J connectivity index is 1.99. The van der Waals surface area contributed by atoms with Crippen molar-refractivity contribution < 1.29 is 9.47 Å². The highest BCUT2D eigenvalue weighted by Gasteiger charge is 2.19. The monoisotopic (exact) mass is 267 g/mol. The Morgan fingerprint density at radius 3 is 2.95 bits per heavy atom. The van der Waals surface area contributed by atoms with Gasteiger partial charge in [0.05, 0.1) is 19.8 Å². The van der Waals surface area contributed by atoms with E-state index in [4.69, 9.17) is 9.47 Å². The first-order valence-electron chi connectivity index (χ1n) is 6.35. The van der Waals surface area contributed by atoms with Crippen LogP contribution in [0.15, 0.2) is 6.33 Å². The molecular weight excluding hydrogens is 246 g/mol. The number of nitrogens with one attached hydrogen (secondary N) is 2. The van der Waals surface area contributed by atoms with Crippen LogP contribution in [-0.2, 0) is 4.74 Å². The molecule has 0 amide bonds. The summed E-state index contributed by atoms with van der Waals surface area (Å²) in [5, 5.41) is 6.24. The second kappa shape index (κ2) is 6.53. The summed E-state index contributed by atoms with van der Waals surface area (Å²) in [6, 6.07) is 0. The van der Waals surface area contributed by atoms with Gasteiger partial charge in [-0.1, -0.05) is 0 Å². The lowest BCUT2D eigenvalue weighted by atomic mass is 10.3. The third kappa shape index (κ3) is 3.45. The number of hydrogen-bond donors (Lipinski definition) is 2. The van der Waals surface area contributed by atoms with Gasteiger partial charge >= 0.3 is 0 Å². The fourth-order valence-corrected chi connectivity index (χ4v) is 2.07. The fraction of sp³-hybridized carbons (Fsp3) is 0.667. The molecule has 7 nitrogen and oxygen atoms in total. The van der Waals surface area contributed by atoms with Crippen molar-refractivity contribution in [3.8, 4) is 5.75 Å². The number of hydrogen-bond acceptors (Lipinski definition) is 7. The minimum Gasteiger partial charge on any atom is -0.490 e. The molecule has 2 N–H and O–H groups in total. The van der Waals surface area contributed by atoms with Gasteiger partial charge in [0, 0.05) is 26.7 Å². The van der Waals surface area contributed by atoms with Gasteiger partial charge in [0.15, 0.2) is 11.6 Å². The van der Waals surface area contributed by atoms with Crippen molar-refractivity contribution in [2.75, 3.05) is 58.1 Å². The van der Waals surface area contributed by atoms with E-state index in [-0.39, 0.29) is 6.10 Å². The molecule has 0 aromatic carbocycles. The quantitative estimate of drug-likeness (QED) is 0.793. The summed E-state index contributed by atoms with van der Waals surface area (Å²) in [6.45, 7) is 3.36. The molecule has 1 fully saturated rings. The first kappa shape index (κ1) is 13.8. The maximum absolute atomic E-state index is 5.70. The Labute approximate surface area is 113 Å². The zero-order valence-electron chi connectivity index (χ0n) is 11.6. The van der Waals surface area contributed by atoms with E-state index in [0.717, 1.165) is 19.7 Å². The summed E-state index contributed by atoms with van der Waals surface area (Å²) >= 11 is 0. The van der Waals surface area contributed by atoms with Gasteiger partial charge in [0.2, 0.25) is 5.75 Å². The highest BCUT2D eigenvalue weighted by Crippen LogP contribution is 2.28. The topological polar surface area (TPSA) is 71.5 Å². The Hall–Kier alpha value is -1.60. The molecule has 1 saturated heterocycles. The number of ether oxygens (including phenoxy) is 2. The highest BCUT2D eigenvalue weighted by atomic mass is 16.5. The summed E-state index contributed by atoms with van der Waals surface area (Å²) in [7, 11) is 5.50. The van der Waals surface area contributed by atoms with E-state index < -0.39 is 0 Å². The Bertz CT molecular complexity index is 415. The minimum atomic E-state index is 0.163. The van der Waals surface area contributed by atoms with E-state index in [1.807, 2.05) is 0 Å². The largest absolute Gasteiger partial charge is 0.490 e. The Morgan fingerprint density at radius 2 is 2.26 bits per heavy atom. The molecule has 1 unspecified atom stereocenters. The first-order valence-corrected chi connectivity index (χ1v) is 6.35. The molecule has 2 heterocycles. The van der Waals surface area contributed by atoms with Gasteiger partial charge in [0.1, 0.15) is 6.33 Å². The number of rotatable bonds is 5. The van der Waals surface area contributed by atoms with Crippen molar-refractivity contribution in [2.24, 2.45) is 0 Å². The number of methoxy groups -OCH3 is 1. The number of anilines is 2. The molecule has 0 saturated carbocycles. The van der Waals surface area contributed by atoms with Crippen molar-refractivity contribution in [3.63, 3.8) is 0 Å². The molecule has 0 spiro atoms. The maximum atomic E-state index is 5.70. The normalized spacial score (nSPS) is 20.1. The second-order valence-electron chi connectivity index (χ2n) is 4.49. The number of nitrogens with zero attached hydrogens (tertiary/aromatic N) is 3. The van der Waals surface area contributed by atoms with Gasteiger partial charge in [-0.25, -0.2) is 9.97 Å². The molecular formula is C12H21N5O2. The van der Waals surface area contributed by atoms with Gasteiger partial charge in [-0.15, -0.1) is 0 Å². The lowest BCUT2D eigenvalue weighted by molar-refractivity contribution is -0.0117. The van der Waals surface area contributed by atoms with Crippen LogP contribution < -0.4 is 15.4 Å². The van der Waals surface area contributed by atoms with Gasteiger partial charge in [0.25, 0.3) is 0 Å². The highest BCUT2D eigenvalue weighted by molar-refractivity contribution is 5.63. The van der Waals surface area contributed by atoms with Crippen LogP contribution in [0.3, 0.4) is 0 Å². The van der Waals surface area contributed by atoms with Crippen LogP contribution in [0.5, 0.6) is 5.75 Å². The molecule has 2 rings (SSSR count). The average Bonchev–Trinajstić information content (AvgIpc) is 2.44. The molecule has 0 aliphatic carbocycles. The molecule has 1 aromatic heterocycles. The third-order valence-electron chi connectivity index (χ3n) is 3.08. The molecule has 19 heavy (non-hydrogen) atoms. The predicted octanol–water partition coefficient (Wildman–Crippen LogP) is 0.269. The molecule has 0 radical (unpaired) electrons. The van der Waals surface area contributed by atoms with Crippen molar-refractivity contribution in [3.05, 3.63) is 6.33 Å². The lowest BCUT2D eigenvalue weighted by Gasteiger charge is -2.30. The van der Waals surface area contributed by atoms with Crippen LogP contribution in [0.4, 0.5) is 11.6 Å². The average molecular weight is 267 g/mol. The zero-order valence-corrected chi connectivity index (χ0v) is 11.6. The molecule has 106 valence electrons. The molecule has 1 atom stereocenters. The SMILES string of the molecule is CNc1ncnc(NCC2CN(C)CCO2)c1OC. The number of likely N-dealkylation sites (N-methyl/N-ethyl adjacent to an activating group) is 1. The summed E-state index contributed by atoms with van der Waals surface area (Å²) in [5.41, 5.74) is 0. The number of aromatic nitrogens is 2. The van der Waals surface area contributed by atoms with Crippen molar-refractivity contribution in [2.45, 2.75) is 6.10 Å². The summed E-state index contributed by atoms with van der Waals surface area (Å²) in [4.78, 5) is 10.6. The lowest BCUT2D eigenvalue weighted by Crippen LogP contribution is -2.43. The molecule has 7 heteroatoms. The second-order valence-corrected chi connectivity index (χ2v) is 4.49. The molecule has 0 bridgehead atoms. The van der Waals surface area contributed by atoms with E-state index in [0.29, 0.717) is 23.9 Å². The fourth-order valence-electron chi connectivity index (χ4n) is 2.07. The van der Waals surface area contributed by atoms with Crippen LogP contribution in [0.25, 0.3) is 0 Å². The molecule has 1 aliphatic heterocycles. The van der Waals surface area contributed by atoms with Crippen molar-refractivity contribution >= 4 is 11.6 Å². The molecule has 1 aliphatic rings. The first-order chi connectivity index (χ1) is 9.24. The van der Waals surface area contributed by atoms with E-state index in [1.165, 1.54) is 6.33 Å². The van der Waals surface area contributed by atoms with Gasteiger partial charge in [-0.2, -0.15) is 0 Å². The van der Waals surface area contributed by atoms with Crippen molar-refractivity contribution in [1.29, 1.82) is 0 Å². The summed E-state index contributed by atoms with van der Waals surface area (Å²) in [6.07, 6.45) is 1.67. The Kier molecular flexibility index (Phi) is 4.75.